The molecule has 126 valence electrons. The molecule has 6 nitrogen and oxygen atoms in total. The minimum absolute atomic E-state index is 0.0621. The third kappa shape index (κ3) is 3.32. The van der Waals surface area contributed by atoms with Gasteiger partial charge in [-0.25, -0.2) is 0 Å². The van der Waals surface area contributed by atoms with Gasteiger partial charge in [-0.1, -0.05) is 34.6 Å². The first kappa shape index (κ1) is 16.2. The van der Waals surface area contributed by atoms with Crippen LogP contribution in [0.2, 0.25) is 0 Å². The van der Waals surface area contributed by atoms with Crippen LogP contribution in [0.25, 0.3) is 5.65 Å². The quantitative estimate of drug-likeness (QED) is 0.875. The van der Waals surface area contributed by atoms with E-state index in [0.717, 1.165) is 43.2 Å². The fraction of sp³-hybridized carbons (Fsp3) is 0.706. The summed E-state index contributed by atoms with van der Waals surface area (Å²) >= 11 is 0. The molecule has 0 spiro atoms. The standard InChI is InChI=1S/C17H27N5O/c1-16(2,3)15-19-18-13-6-7-14(20-22(13)15)21-9-8-12(23)10-17(4,5)11-21/h6-7,12,23H,8-11H2,1-5H3. The summed E-state index contributed by atoms with van der Waals surface area (Å²) in [6, 6.07) is 3.98. The Balaban J connectivity index is 1.99. The van der Waals surface area contributed by atoms with Crippen LogP contribution >= 0.6 is 0 Å². The fourth-order valence-electron chi connectivity index (χ4n) is 3.32. The first-order valence-electron chi connectivity index (χ1n) is 8.32. The molecule has 1 fully saturated rings. The van der Waals surface area contributed by atoms with Gasteiger partial charge in [0.25, 0.3) is 0 Å². The van der Waals surface area contributed by atoms with Crippen molar-refractivity contribution in [2.24, 2.45) is 5.41 Å². The Hall–Kier alpha value is -1.69. The highest BCUT2D eigenvalue weighted by molar-refractivity contribution is 5.46. The van der Waals surface area contributed by atoms with Crippen molar-refractivity contribution in [2.75, 3.05) is 18.0 Å². The summed E-state index contributed by atoms with van der Waals surface area (Å²) in [4.78, 5) is 2.27. The summed E-state index contributed by atoms with van der Waals surface area (Å²) in [5.74, 6) is 1.79. The molecule has 1 N–H and O–H groups in total. The van der Waals surface area contributed by atoms with Gasteiger partial charge >= 0.3 is 0 Å². The summed E-state index contributed by atoms with van der Waals surface area (Å²) < 4.78 is 1.85. The third-order valence-electron chi connectivity index (χ3n) is 4.38. The predicted molar refractivity (Wildman–Crippen MR) is 90.7 cm³/mol. The van der Waals surface area contributed by atoms with Gasteiger partial charge in [0.05, 0.1) is 6.10 Å². The van der Waals surface area contributed by atoms with E-state index in [1.54, 1.807) is 0 Å². The molecule has 0 bridgehead atoms. The van der Waals surface area contributed by atoms with Gasteiger partial charge < -0.3 is 10.0 Å². The average Bonchev–Trinajstić information content (AvgIpc) is 2.79. The molecule has 0 saturated carbocycles. The fourth-order valence-corrected chi connectivity index (χ4v) is 3.32. The third-order valence-corrected chi connectivity index (χ3v) is 4.38. The molecule has 0 aromatic carbocycles. The molecule has 3 rings (SSSR count). The van der Waals surface area contributed by atoms with E-state index >= 15 is 0 Å². The number of aliphatic hydroxyl groups is 1. The summed E-state index contributed by atoms with van der Waals surface area (Å²) in [5.41, 5.74) is 0.721. The van der Waals surface area contributed by atoms with Gasteiger partial charge in [0, 0.05) is 18.5 Å². The zero-order valence-corrected chi connectivity index (χ0v) is 14.7. The predicted octanol–water partition coefficient (Wildman–Crippen LogP) is 2.41. The Labute approximate surface area is 137 Å². The molecular weight excluding hydrogens is 290 g/mol. The van der Waals surface area contributed by atoms with Crippen molar-refractivity contribution >= 4 is 11.5 Å². The van der Waals surface area contributed by atoms with Gasteiger partial charge in [-0.3, -0.25) is 0 Å². The largest absolute Gasteiger partial charge is 0.393 e. The topological polar surface area (TPSA) is 66.5 Å². The number of rotatable bonds is 1. The number of aliphatic hydroxyl groups excluding tert-OH is 1. The van der Waals surface area contributed by atoms with Crippen LogP contribution in [0.3, 0.4) is 0 Å². The van der Waals surface area contributed by atoms with E-state index in [1.165, 1.54) is 0 Å². The Kier molecular flexibility index (Phi) is 3.83. The molecule has 1 aliphatic heterocycles. The lowest BCUT2D eigenvalue weighted by atomic mass is 9.87. The summed E-state index contributed by atoms with van der Waals surface area (Å²) in [6.07, 6.45) is 1.36. The molecule has 1 unspecified atom stereocenters. The highest BCUT2D eigenvalue weighted by Crippen LogP contribution is 2.30. The SMILES string of the molecule is CC1(C)CC(O)CCN(c2ccc3nnc(C(C)(C)C)n3n2)C1. The minimum atomic E-state index is -0.237. The van der Waals surface area contributed by atoms with Gasteiger partial charge in [-0.05, 0) is 30.4 Å². The van der Waals surface area contributed by atoms with Gasteiger partial charge in [-0.2, -0.15) is 4.52 Å². The highest BCUT2D eigenvalue weighted by Gasteiger charge is 2.30. The zero-order valence-electron chi connectivity index (χ0n) is 14.7. The molecule has 2 aromatic rings. The number of hydrogen-bond acceptors (Lipinski definition) is 5. The van der Waals surface area contributed by atoms with E-state index in [4.69, 9.17) is 5.10 Å². The van der Waals surface area contributed by atoms with Crippen molar-refractivity contribution in [2.45, 2.75) is 59.0 Å². The second kappa shape index (κ2) is 5.44. The van der Waals surface area contributed by atoms with E-state index in [-0.39, 0.29) is 16.9 Å². The van der Waals surface area contributed by atoms with Crippen LogP contribution in [0, 0.1) is 5.41 Å². The lowest BCUT2D eigenvalue weighted by molar-refractivity contribution is 0.123. The van der Waals surface area contributed by atoms with Crippen LogP contribution in [0.1, 0.15) is 53.3 Å². The van der Waals surface area contributed by atoms with Crippen molar-refractivity contribution in [3.05, 3.63) is 18.0 Å². The lowest BCUT2D eigenvalue weighted by Crippen LogP contribution is -2.33. The second-order valence-corrected chi connectivity index (χ2v) is 8.47. The molecule has 3 heterocycles. The summed E-state index contributed by atoms with van der Waals surface area (Å²) in [5, 5.41) is 23.4. The molecule has 1 aliphatic rings. The first-order valence-corrected chi connectivity index (χ1v) is 8.32. The van der Waals surface area contributed by atoms with Crippen LogP contribution in [0.4, 0.5) is 5.82 Å². The summed E-state index contributed by atoms with van der Waals surface area (Å²) in [7, 11) is 0. The highest BCUT2D eigenvalue weighted by atomic mass is 16.3. The van der Waals surface area contributed by atoms with Crippen molar-refractivity contribution < 1.29 is 5.11 Å². The Morgan fingerprint density at radius 1 is 1.22 bits per heavy atom. The molecule has 1 saturated heterocycles. The number of aromatic nitrogens is 4. The Morgan fingerprint density at radius 2 is 1.96 bits per heavy atom. The number of fused-ring (bicyclic) bond motifs is 1. The number of hydrogen-bond donors (Lipinski definition) is 1. The smallest absolute Gasteiger partial charge is 0.178 e. The van der Waals surface area contributed by atoms with Gasteiger partial charge in [0.15, 0.2) is 11.5 Å². The molecule has 0 radical (unpaired) electrons. The van der Waals surface area contributed by atoms with Crippen LogP contribution in [-0.4, -0.2) is 44.1 Å². The Bertz CT molecular complexity index is 701. The van der Waals surface area contributed by atoms with E-state index in [9.17, 15) is 5.11 Å². The van der Waals surface area contributed by atoms with Gasteiger partial charge in [0.2, 0.25) is 0 Å². The molecule has 0 aliphatic carbocycles. The van der Waals surface area contributed by atoms with E-state index in [1.807, 2.05) is 16.6 Å². The Morgan fingerprint density at radius 3 is 2.65 bits per heavy atom. The minimum Gasteiger partial charge on any atom is -0.393 e. The zero-order chi connectivity index (χ0) is 16.8. The first-order chi connectivity index (χ1) is 10.7. The monoisotopic (exact) mass is 317 g/mol. The maximum atomic E-state index is 10.1. The van der Waals surface area contributed by atoms with E-state index < -0.39 is 0 Å². The van der Waals surface area contributed by atoms with Crippen molar-refractivity contribution in [1.82, 2.24) is 19.8 Å². The van der Waals surface area contributed by atoms with E-state index in [0.29, 0.717) is 0 Å². The van der Waals surface area contributed by atoms with Crippen LogP contribution in [-0.2, 0) is 5.41 Å². The molecule has 6 heteroatoms. The molecule has 0 amide bonds. The van der Waals surface area contributed by atoms with Crippen molar-refractivity contribution in [1.29, 1.82) is 0 Å². The average molecular weight is 317 g/mol. The number of anilines is 1. The molecular formula is C17H27N5O. The van der Waals surface area contributed by atoms with Crippen molar-refractivity contribution in [3.8, 4) is 0 Å². The van der Waals surface area contributed by atoms with Crippen LogP contribution in [0.5, 0.6) is 0 Å². The van der Waals surface area contributed by atoms with Gasteiger partial charge in [-0.15, -0.1) is 15.3 Å². The molecule has 2 aromatic heterocycles. The van der Waals surface area contributed by atoms with Crippen LogP contribution < -0.4 is 4.90 Å². The second-order valence-electron chi connectivity index (χ2n) is 8.47. The maximum Gasteiger partial charge on any atom is 0.178 e. The van der Waals surface area contributed by atoms with Crippen LogP contribution in [0.15, 0.2) is 12.1 Å². The summed E-state index contributed by atoms with van der Waals surface area (Å²) in [6.45, 7) is 12.4. The molecule has 23 heavy (non-hydrogen) atoms. The van der Waals surface area contributed by atoms with Gasteiger partial charge in [0.1, 0.15) is 5.82 Å². The number of nitrogens with zero attached hydrogens (tertiary/aromatic N) is 5. The lowest BCUT2D eigenvalue weighted by Gasteiger charge is -2.30. The maximum absolute atomic E-state index is 10.1. The van der Waals surface area contributed by atoms with E-state index in [2.05, 4.69) is 49.7 Å². The molecule has 1 atom stereocenters. The normalized spacial score (nSPS) is 22.3. The van der Waals surface area contributed by atoms with Crippen molar-refractivity contribution in [3.63, 3.8) is 0 Å².